The molecule has 2 aromatic heterocycles. The topological polar surface area (TPSA) is 43.6 Å². The van der Waals surface area contributed by atoms with Crippen LogP contribution in [-0.2, 0) is 4.74 Å². The molecule has 112 valence electrons. The van der Waals surface area contributed by atoms with Crippen molar-refractivity contribution >= 4 is 11.5 Å². The van der Waals surface area contributed by atoms with Crippen LogP contribution in [0.25, 0.3) is 16.8 Å². The molecule has 0 aliphatic rings. The molecule has 0 bridgehead atoms. The Balaban J connectivity index is 2.06. The predicted molar refractivity (Wildman–Crippen MR) is 86.1 cm³/mol. The van der Waals surface area contributed by atoms with Crippen molar-refractivity contribution in [2.75, 3.05) is 6.61 Å². The summed E-state index contributed by atoms with van der Waals surface area (Å²) in [6.45, 7) is 6.12. The molecule has 0 N–H and O–H groups in total. The minimum absolute atomic E-state index is 0.291. The highest BCUT2D eigenvalue weighted by Gasteiger charge is 2.13. The normalized spacial score (nSPS) is 10.9. The molecule has 0 fully saturated rings. The number of ether oxygens (including phenoxy) is 1. The summed E-state index contributed by atoms with van der Waals surface area (Å²) in [6, 6.07) is 12.0. The van der Waals surface area contributed by atoms with Crippen LogP contribution in [0.15, 0.2) is 42.6 Å². The number of aromatic nitrogens is 2. The van der Waals surface area contributed by atoms with Gasteiger partial charge in [-0.25, -0.2) is 9.31 Å². The quantitative estimate of drug-likeness (QED) is 0.690. The summed E-state index contributed by atoms with van der Waals surface area (Å²) in [4.78, 5) is 12.0. The predicted octanol–water partition coefficient (Wildman–Crippen LogP) is 3.79. The van der Waals surface area contributed by atoms with Gasteiger partial charge in [0, 0.05) is 11.8 Å². The smallest absolute Gasteiger partial charge is 0.338 e. The lowest BCUT2D eigenvalue weighted by molar-refractivity contribution is 0.0525. The summed E-state index contributed by atoms with van der Waals surface area (Å²) in [7, 11) is 0. The third-order valence-electron chi connectivity index (χ3n) is 3.64. The number of carbonyl (C=O) groups is 1. The molecule has 0 saturated carbocycles. The number of benzene rings is 1. The number of nitrogens with zero attached hydrogens (tertiary/aromatic N) is 2. The minimum atomic E-state index is -0.291. The van der Waals surface area contributed by atoms with Crippen LogP contribution in [0.2, 0.25) is 0 Å². The van der Waals surface area contributed by atoms with Crippen molar-refractivity contribution in [3.63, 3.8) is 0 Å². The summed E-state index contributed by atoms with van der Waals surface area (Å²) in [5, 5.41) is 4.58. The lowest BCUT2D eigenvalue weighted by Gasteiger charge is -2.05. The van der Waals surface area contributed by atoms with Crippen LogP contribution >= 0.6 is 0 Å². The molecular weight excluding hydrogens is 276 g/mol. The first-order valence-electron chi connectivity index (χ1n) is 7.32. The molecule has 0 aliphatic heterocycles. The van der Waals surface area contributed by atoms with Crippen molar-refractivity contribution in [1.82, 2.24) is 9.61 Å². The van der Waals surface area contributed by atoms with Crippen molar-refractivity contribution < 1.29 is 9.53 Å². The number of aryl methyl sites for hydroxylation is 2. The summed E-state index contributed by atoms with van der Waals surface area (Å²) in [6.07, 6.45) is 1.86. The zero-order valence-electron chi connectivity index (χ0n) is 13.0. The van der Waals surface area contributed by atoms with Gasteiger partial charge in [0.2, 0.25) is 0 Å². The van der Waals surface area contributed by atoms with Gasteiger partial charge in [0.05, 0.1) is 23.4 Å². The van der Waals surface area contributed by atoms with Gasteiger partial charge in [-0.2, -0.15) is 5.10 Å². The van der Waals surface area contributed by atoms with Gasteiger partial charge in [-0.3, -0.25) is 0 Å². The van der Waals surface area contributed by atoms with E-state index in [0.29, 0.717) is 12.2 Å². The second-order valence-electron chi connectivity index (χ2n) is 5.36. The molecule has 3 aromatic rings. The summed E-state index contributed by atoms with van der Waals surface area (Å²) < 4.78 is 6.89. The number of hydrogen-bond donors (Lipinski definition) is 0. The van der Waals surface area contributed by atoms with E-state index in [4.69, 9.17) is 4.74 Å². The van der Waals surface area contributed by atoms with Gasteiger partial charge in [0.25, 0.3) is 0 Å². The molecule has 0 spiro atoms. The highest BCUT2D eigenvalue weighted by Crippen LogP contribution is 2.22. The maximum Gasteiger partial charge on any atom is 0.338 e. The molecule has 0 aliphatic carbocycles. The Morgan fingerprint density at radius 2 is 1.91 bits per heavy atom. The third-order valence-corrected chi connectivity index (χ3v) is 3.64. The Morgan fingerprint density at radius 3 is 2.59 bits per heavy atom. The summed E-state index contributed by atoms with van der Waals surface area (Å²) in [5.41, 5.74) is 5.48. The standard InChI is InChI=1S/C18H18N2O2/c1-4-22-18(21)16-9-15-10-17(19-20(15)11-13(16)3)14-7-5-12(2)6-8-14/h5-11H,4H2,1-3H3. The largest absolute Gasteiger partial charge is 0.462 e. The first-order valence-corrected chi connectivity index (χ1v) is 7.32. The Kier molecular flexibility index (Phi) is 3.67. The number of rotatable bonds is 3. The fourth-order valence-corrected chi connectivity index (χ4v) is 2.43. The molecule has 4 heteroatoms. The first-order chi connectivity index (χ1) is 10.6. The average molecular weight is 294 g/mol. The van der Waals surface area contributed by atoms with Crippen molar-refractivity contribution in [2.45, 2.75) is 20.8 Å². The van der Waals surface area contributed by atoms with Gasteiger partial charge >= 0.3 is 5.97 Å². The van der Waals surface area contributed by atoms with E-state index in [-0.39, 0.29) is 5.97 Å². The van der Waals surface area contributed by atoms with Gasteiger partial charge in [-0.15, -0.1) is 0 Å². The van der Waals surface area contributed by atoms with E-state index >= 15 is 0 Å². The van der Waals surface area contributed by atoms with Gasteiger partial charge in [0.1, 0.15) is 0 Å². The molecule has 4 nitrogen and oxygen atoms in total. The van der Waals surface area contributed by atoms with E-state index in [9.17, 15) is 4.79 Å². The SMILES string of the molecule is CCOC(=O)c1cc2cc(-c3ccc(C)cc3)nn2cc1C. The number of carbonyl (C=O) groups excluding carboxylic acids is 1. The van der Waals surface area contributed by atoms with E-state index in [1.165, 1.54) is 5.56 Å². The fourth-order valence-electron chi connectivity index (χ4n) is 2.43. The molecule has 0 atom stereocenters. The zero-order chi connectivity index (χ0) is 15.7. The van der Waals surface area contributed by atoms with E-state index in [1.807, 2.05) is 25.3 Å². The minimum Gasteiger partial charge on any atom is -0.462 e. The number of pyridine rings is 1. The van der Waals surface area contributed by atoms with Gasteiger partial charge < -0.3 is 4.74 Å². The van der Waals surface area contributed by atoms with Crippen LogP contribution in [0.4, 0.5) is 0 Å². The Morgan fingerprint density at radius 1 is 1.18 bits per heavy atom. The van der Waals surface area contributed by atoms with Gasteiger partial charge in [0.15, 0.2) is 0 Å². The lowest BCUT2D eigenvalue weighted by atomic mass is 10.1. The summed E-state index contributed by atoms with van der Waals surface area (Å²) in [5.74, 6) is -0.291. The maximum atomic E-state index is 12.0. The highest BCUT2D eigenvalue weighted by atomic mass is 16.5. The molecule has 0 unspecified atom stereocenters. The third kappa shape index (κ3) is 2.60. The van der Waals surface area contributed by atoms with Crippen LogP contribution in [0, 0.1) is 13.8 Å². The average Bonchev–Trinajstić information content (AvgIpc) is 2.90. The second-order valence-corrected chi connectivity index (χ2v) is 5.36. The molecular formula is C18H18N2O2. The fraction of sp³-hybridized carbons (Fsp3) is 0.222. The first kappa shape index (κ1) is 14.3. The van der Waals surface area contributed by atoms with Crippen molar-refractivity contribution in [1.29, 1.82) is 0 Å². The van der Waals surface area contributed by atoms with Crippen LogP contribution in [0.3, 0.4) is 0 Å². The molecule has 2 heterocycles. The van der Waals surface area contributed by atoms with Crippen molar-refractivity contribution in [3.8, 4) is 11.3 Å². The van der Waals surface area contributed by atoms with E-state index < -0.39 is 0 Å². The highest BCUT2D eigenvalue weighted by molar-refractivity contribution is 5.92. The van der Waals surface area contributed by atoms with E-state index in [1.54, 1.807) is 11.4 Å². The number of fused-ring (bicyclic) bond motifs is 1. The van der Waals surface area contributed by atoms with Crippen molar-refractivity contribution in [3.05, 3.63) is 59.3 Å². The van der Waals surface area contributed by atoms with E-state index in [2.05, 4.69) is 36.3 Å². The second kappa shape index (κ2) is 5.64. The molecule has 0 amide bonds. The Hall–Kier alpha value is -2.62. The van der Waals surface area contributed by atoms with Crippen LogP contribution in [0.5, 0.6) is 0 Å². The summed E-state index contributed by atoms with van der Waals surface area (Å²) >= 11 is 0. The molecule has 1 aromatic carbocycles. The lowest BCUT2D eigenvalue weighted by Crippen LogP contribution is -2.07. The van der Waals surface area contributed by atoms with Crippen LogP contribution < -0.4 is 0 Å². The van der Waals surface area contributed by atoms with Crippen molar-refractivity contribution in [2.24, 2.45) is 0 Å². The van der Waals surface area contributed by atoms with Gasteiger partial charge in [-0.05, 0) is 38.5 Å². The Labute approximate surface area is 129 Å². The van der Waals surface area contributed by atoms with Crippen LogP contribution in [0.1, 0.15) is 28.4 Å². The molecule has 0 radical (unpaired) electrons. The Bertz CT molecular complexity index is 832. The monoisotopic (exact) mass is 294 g/mol. The molecule has 3 rings (SSSR count). The molecule has 0 saturated heterocycles. The zero-order valence-corrected chi connectivity index (χ0v) is 13.0. The molecule has 22 heavy (non-hydrogen) atoms. The van der Waals surface area contributed by atoms with Gasteiger partial charge in [-0.1, -0.05) is 29.8 Å². The maximum absolute atomic E-state index is 12.0. The number of hydrogen-bond acceptors (Lipinski definition) is 3. The van der Waals surface area contributed by atoms with E-state index in [0.717, 1.165) is 22.3 Å². The number of esters is 1. The van der Waals surface area contributed by atoms with Crippen LogP contribution in [-0.4, -0.2) is 22.2 Å².